The summed E-state index contributed by atoms with van der Waals surface area (Å²) in [5.74, 6) is -1.65. The summed E-state index contributed by atoms with van der Waals surface area (Å²) in [7, 11) is 0. The van der Waals surface area contributed by atoms with E-state index in [2.05, 4.69) is 0 Å². The molecule has 2 aromatic rings. The van der Waals surface area contributed by atoms with E-state index in [4.69, 9.17) is 14.3 Å². The molecule has 88 valence electrons. The normalized spacial score (nSPS) is 10.4. The molecular weight excluding hydrogens is 224 g/mol. The van der Waals surface area contributed by atoms with Gasteiger partial charge in [-0.25, -0.2) is 9.59 Å². The van der Waals surface area contributed by atoms with Gasteiger partial charge in [0.15, 0.2) is 0 Å². The van der Waals surface area contributed by atoms with Gasteiger partial charge in [0.05, 0.1) is 12.2 Å². The molecule has 0 amide bonds. The van der Waals surface area contributed by atoms with E-state index in [1.165, 1.54) is 12.1 Å². The fourth-order valence-corrected chi connectivity index (χ4v) is 1.55. The van der Waals surface area contributed by atoms with Crippen molar-refractivity contribution in [3.8, 4) is 0 Å². The zero-order valence-corrected chi connectivity index (χ0v) is 9.10. The summed E-state index contributed by atoms with van der Waals surface area (Å²) < 4.78 is 10.0. The van der Waals surface area contributed by atoms with Gasteiger partial charge in [-0.2, -0.15) is 0 Å². The molecule has 0 spiro atoms. The summed E-state index contributed by atoms with van der Waals surface area (Å²) in [4.78, 5) is 22.4. The minimum absolute atomic E-state index is 0.00977. The van der Waals surface area contributed by atoms with Crippen molar-refractivity contribution in [2.45, 2.75) is 6.92 Å². The van der Waals surface area contributed by atoms with Crippen molar-refractivity contribution in [2.24, 2.45) is 0 Å². The number of rotatable bonds is 3. The number of carbonyl (C=O) groups excluding carboxylic acids is 1. The first kappa shape index (κ1) is 11.2. The number of ether oxygens (including phenoxy) is 1. The van der Waals surface area contributed by atoms with Crippen LogP contribution in [-0.2, 0) is 4.74 Å². The van der Waals surface area contributed by atoms with Gasteiger partial charge in [-0.1, -0.05) is 6.07 Å². The Morgan fingerprint density at radius 2 is 2.18 bits per heavy atom. The quantitative estimate of drug-likeness (QED) is 0.824. The zero-order valence-electron chi connectivity index (χ0n) is 9.10. The molecule has 1 heterocycles. The van der Waals surface area contributed by atoms with Crippen LogP contribution in [0.15, 0.2) is 28.7 Å². The Labute approximate surface area is 96.6 Å². The molecule has 0 unspecified atom stereocenters. The Hall–Kier alpha value is -2.30. The van der Waals surface area contributed by atoms with E-state index >= 15 is 0 Å². The topological polar surface area (TPSA) is 76.7 Å². The minimum atomic E-state index is -1.06. The number of aromatic carboxylic acids is 1. The van der Waals surface area contributed by atoms with E-state index in [1.54, 1.807) is 19.1 Å². The van der Waals surface area contributed by atoms with E-state index in [9.17, 15) is 9.59 Å². The van der Waals surface area contributed by atoms with Crippen LogP contribution in [0.1, 0.15) is 27.8 Å². The highest BCUT2D eigenvalue weighted by Gasteiger charge is 2.17. The molecule has 0 radical (unpaired) electrons. The first-order valence-electron chi connectivity index (χ1n) is 5.06. The molecule has 0 aliphatic rings. The van der Waals surface area contributed by atoms with Gasteiger partial charge >= 0.3 is 11.9 Å². The molecule has 0 atom stereocenters. The number of hydrogen-bond acceptors (Lipinski definition) is 4. The first-order chi connectivity index (χ1) is 8.13. The van der Waals surface area contributed by atoms with Crippen LogP contribution in [-0.4, -0.2) is 23.7 Å². The lowest BCUT2D eigenvalue weighted by Gasteiger charge is -1.95. The molecule has 17 heavy (non-hydrogen) atoms. The van der Waals surface area contributed by atoms with Gasteiger partial charge in [0, 0.05) is 11.5 Å². The summed E-state index contributed by atoms with van der Waals surface area (Å²) in [6.07, 6.45) is 0. The third kappa shape index (κ3) is 1.99. The van der Waals surface area contributed by atoms with E-state index in [0.717, 1.165) is 0 Å². The van der Waals surface area contributed by atoms with Gasteiger partial charge in [0.2, 0.25) is 5.76 Å². The second-order valence-electron chi connectivity index (χ2n) is 3.35. The molecular formula is C12H10O5. The summed E-state index contributed by atoms with van der Waals surface area (Å²) in [5.41, 5.74) is 0.453. The summed E-state index contributed by atoms with van der Waals surface area (Å²) in [5, 5.41) is 9.37. The monoisotopic (exact) mass is 234 g/mol. The van der Waals surface area contributed by atoms with Gasteiger partial charge < -0.3 is 14.3 Å². The molecule has 0 saturated carbocycles. The summed E-state index contributed by atoms with van der Waals surface area (Å²) >= 11 is 0. The van der Waals surface area contributed by atoms with Crippen molar-refractivity contribution in [3.63, 3.8) is 0 Å². The number of benzene rings is 1. The van der Waals surface area contributed by atoms with Crippen molar-refractivity contribution in [1.29, 1.82) is 0 Å². The Morgan fingerprint density at radius 1 is 1.41 bits per heavy atom. The third-order valence-corrected chi connectivity index (χ3v) is 2.27. The van der Waals surface area contributed by atoms with Crippen LogP contribution in [0.25, 0.3) is 11.0 Å². The number of carboxylic acids is 1. The maximum absolute atomic E-state index is 11.4. The third-order valence-electron chi connectivity index (χ3n) is 2.27. The Kier molecular flexibility index (Phi) is 2.82. The smallest absolute Gasteiger partial charge is 0.374 e. The van der Waals surface area contributed by atoms with Crippen LogP contribution in [0.3, 0.4) is 0 Å². The number of carbonyl (C=O) groups is 2. The Bertz CT molecular complexity index is 582. The highest BCUT2D eigenvalue weighted by atomic mass is 16.5. The Balaban J connectivity index is 2.54. The molecule has 0 bridgehead atoms. The predicted octanol–water partition coefficient (Wildman–Crippen LogP) is 2.31. The first-order valence-corrected chi connectivity index (χ1v) is 5.06. The number of fused-ring (bicyclic) bond motifs is 1. The number of carboxylic acid groups (broad SMARTS) is 1. The van der Waals surface area contributed by atoms with Crippen molar-refractivity contribution in [2.75, 3.05) is 6.61 Å². The average molecular weight is 234 g/mol. The van der Waals surface area contributed by atoms with Gasteiger partial charge in [-0.3, -0.25) is 0 Å². The largest absolute Gasteiger partial charge is 0.478 e. The van der Waals surface area contributed by atoms with Crippen molar-refractivity contribution in [3.05, 3.63) is 35.6 Å². The van der Waals surface area contributed by atoms with Crippen LogP contribution in [0.4, 0.5) is 0 Å². The maximum atomic E-state index is 11.4. The standard InChI is InChI=1S/C12H10O5/c1-2-16-12(15)10-6-8-7(11(13)14)4-3-5-9(8)17-10/h3-6H,2H2,1H3,(H,13,14). The average Bonchev–Trinajstić information content (AvgIpc) is 2.72. The fourth-order valence-electron chi connectivity index (χ4n) is 1.55. The molecule has 0 fully saturated rings. The molecule has 1 aromatic carbocycles. The lowest BCUT2D eigenvalue weighted by Crippen LogP contribution is -2.02. The van der Waals surface area contributed by atoms with Crippen LogP contribution < -0.4 is 0 Å². The highest BCUT2D eigenvalue weighted by molar-refractivity contribution is 6.04. The molecule has 1 N–H and O–H groups in total. The van der Waals surface area contributed by atoms with Crippen LogP contribution >= 0.6 is 0 Å². The molecule has 5 heteroatoms. The molecule has 1 aromatic heterocycles. The Morgan fingerprint density at radius 3 is 2.82 bits per heavy atom. The second-order valence-corrected chi connectivity index (χ2v) is 3.35. The molecule has 0 aliphatic heterocycles. The van der Waals surface area contributed by atoms with E-state index in [1.807, 2.05) is 0 Å². The van der Waals surface area contributed by atoms with Crippen LogP contribution in [0.5, 0.6) is 0 Å². The van der Waals surface area contributed by atoms with Gasteiger partial charge in [-0.05, 0) is 19.1 Å². The van der Waals surface area contributed by atoms with Crippen molar-refractivity contribution in [1.82, 2.24) is 0 Å². The van der Waals surface area contributed by atoms with Crippen LogP contribution in [0.2, 0.25) is 0 Å². The number of furan rings is 1. The van der Waals surface area contributed by atoms with Crippen molar-refractivity contribution < 1.29 is 23.8 Å². The summed E-state index contributed by atoms with van der Waals surface area (Å²) in [6, 6.07) is 6.00. The van der Waals surface area contributed by atoms with Gasteiger partial charge in [-0.15, -0.1) is 0 Å². The SMILES string of the molecule is CCOC(=O)c1cc2c(C(=O)O)cccc2o1. The van der Waals surface area contributed by atoms with Gasteiger partial charge in [0.25, 0.3) is 0 Å². The molecule has 0 saturated heterocycles. The molecule has 2 rings (SSSR count). The van der Waals surface area contributed by atoms with Gasteiger partial charge in [0.1, 0.15) is 5.58 Å². The van der Waals surface area contributed by atoms with E-state index in [0.29, 0.717) is 11.0 Å². The molecule has 5 nitrogen and oxygen atoms in total. The fraction of sp³-hybridized carbons (Fsp3) is 0.167. The maximum Gasteiger partial charge on any atom is 0.374 e. The molecule has 0 aliphatic carbocycles. The summed E-state index contributed by atoms with van der Waals surface area (Å²) in [6.45, 7) is 1.92. The lowest BCUT2D eigenvalue weighted by molar-refractivity contribution is 0.0492. The van der Waals surface area contributed by atoms with Crippen molar-refractivity contribution >= 4 is 22.9 Å². The minimum Gasteiger partial charge on any atom is -0.478 e. The predicted molar refractivity (Wildman–Crippen MR) is 59.1 cm³/mol. The second kappa shape index (κ2) is 4.29. The van der Waals surface area contributed by atoms with Crippen LogP contribution in [0, 0.1) is 0 Å². The van der Waals surface area contributed by atoms with E-state index in [-0.39, 0.29) is 17.9 Å². The lowest BCUT2D eigenvalue weighted by atomic mass is 10.1. The van der Waals surface area contributed by atoms with E-state index < -0.39 is 11.9 Å². The number of hydrogen-bond donors (Lipinski definition) is 1. The number of esters is 1. The highest BCUT2D eigenvalue weighted by Crippen LogP contribution is 2.23. The zero-order chi connectivity index (χ0) is 12.4.